The second kappa shape index (κ2) is 6.53. The van der Waals surface area contributed by atoms with E-state index in [1.165, 1.54) is 48.8 Å². The standard InChI is InChI=1S/C16H25N3S/c1-10-11(2)13(4)17-15(12(10)3)19-16(20)18-14-8-6-5-7-9-14/h14H,5-9H2,1-4H3,(H2,17,18,19,20). The molecule has 1 aromatic heterocycles. The highest BCUT2D eigenvalue weighted by molar-refractivity contribution is 7.80. The number of hydrogen-bond acceptors (Lipinski definition) is 2. The van der Waals surface area contributed by atoms with E-state index < -0.39 is 0 Å². The molecule has 0 atom stereocenters. The van der Waals surface area contributed by atoms with E-state index in [1.54, 1.807) is 0 Å². The Morgan fingerprint density at radius 2 is 1.65 bits per heavy atom. The summed E-state index contributed by atoms with van der Waals surface area (Å²) in [4.78, 5) is 4.63. The molecule has 4 heteroatoms. The van der Waals surface area contributed by atoms with Gasteiger partial charge in [0.1, 0.15) is 5.82 Å². The summed E-state index contributed by atoms with van der Waals surface area (Å²) in [5, 5.41) is 7.41. The maximum atomic E-state index is 5.43. The van der Waals surface area contributed by atoms with E-state index in [1.807, 2.05) is 6.92 Å². The van der Waals surface area contributed by atoms with Gasteiger partial charge in [-0.3, -0.25) is 0 Å². The van der Waals surface area contributed by atoms with Crippen molar-refractivity contribution in [3.63, 3.8) is 0 Å². The predicted molar refractivity (Wildman–Crippen MR) is 89.4 cm³/mol. The first kappa shape index (κ1) is 15.2. The molecule has 0 aromatic carbocycles. The summed E-state index contributed by atoms with van der Waals surface area (Å²) in [7, 11) is 0. The zero-order valence-corrected chi connectivity index (χ0v) is 13.8. The van der Waals surface area contributed by atoms with Gasteiger partial charge < -0.3 is 10.6 Å². The zero-order valence-electron chi connectivity index (χ0n) is 13.0. The highest BCUT2D eigenvalue weighted by atomic mass is 32.1. The van der Waals surface area contributed by atoms with Crippen LogP contribution in [0.5, 0.6) is 0 Å². The molecular formula is C16H25N3S. The lowest BCUT2D eigenvalue weighted by Crippen LogP contribution is -2.39. The topological polar surface area (TPSA) is 37.0 Å². The second-order valence-corrected chi connectivity index (χ2v) is 6.26. The smallest absolute Gasteiger partial charge is 0.172 e. The van der Waals surface area contributed by atoms with Gasteiger partial charge in [0.25, 0.3) is 0 Å². The molecule has 0 aliphatic heterocycles. The lowest BCUT2D eigenvalue weighted by atomic mass is 9.96. The van der Waals surface area contributed by atoms with E-state index in [0.717, 1.165) is 11.5 Å². The van der Waals surface area contributed by atoms with Crippen LogP contribution in [0.15, 0.2) is 0 Å². The van der Waals surface area contributed by atoms with Crippen LogP contribution in [0, 0.1) is 27.7 Å². The van der Waals surface area contributed by atoms with Crippen LogP contribution in [-0.2, 0) is 0 Å². The van der Waals surface area contributed by atoms with Gasteiger partial charge in [-0.15, -0.1) is 0 Å². The number of thiocarbonyl (C=S) groups is 1. The minimum Gasteiger partial charge on any atom is -0.360 e. The Balaban J connectivity index is 2.04. The van der Waals surface area contributed by atoms with Gasteiger partial charge in [0.2, 0.25) is 0 Å². The van der Waals surface area contributed by atoms with E-state index in [4.69, 9.17) is 12.2 Å². The summed E-state index contributed by atoms with van der Waals surface area (Å²) in [5.41, 5.74) is 4.80. The van der Waals surface area contributed by atoms with E-state index in [9.17, 15) is 0 Å². The molecule has 0 bridgehead atoms. The van der Waals surface area contributed by atoms with Gasteiger partial charge >= 0.3 is 0 Å². The fourth-order valence-corrected chi connectivity index (χ4v) is 3.03. The van der Waals surface area contributed by atoms with Crippen molar-refractivity contribution in [1.82, 2.24) is 10.3 Å². The third-order valence-electron chi connectivity index (χ3n) is 4.47. The summed E-state index contributed by atoms with van der Waals surface area (Å²) >= 11 is 5.43. The molecule has 1 aliphatic rings. The maximum Gasteiger partial charge on any atom is 0.172 e. The van der Waals surface area contributed by atoms with Gasteiger partial charge in [0.05, 0.1) is 0 Å². The number of nitrogens with one attached hydrogen (secondary N) is 2. The molecule has 1 aliphatic carbocycles. The highest BCUT2D eigenvalue weighted by Gasteiger charge is 2.15. The van der Waals surface area contributed by atoms with Crippen LogP contribution in [0.3, 0.4) is 0 Å². The zero-order chi connectivity index (χ0) is 14.7. The van der Waals surface area contributed by atoms with Crippen LogP contribution < -0.4 is 10.6 Å². The molecule has 0 spiro atoms. The Hall–Kier alpha value is -1.16. The molecule has 1 saturated carbocycles. The monoisotopic (exact) mass is 291 g/mol. The van der Waals surface area contributed by atoms with Crippen molar-refractivity contribution in [2.24, 2.45) is 0 Å². The van der Waals surface area contributed by atoms with Crippen LogP contribution in [-0.4, -0.2) is 16.1 Å². The van der Waals surface area contributed by atoms with Crippen molar-refractivity contribution in [2.75, 3.05) is 5.32 Å². The van der Waals surface area contributed by atoms with Gasteiger partial charge in [-0.1, -0.05) is 19.3 Å². The number of aryl methyl sites for hydroxylation is 1. The van der Waals surface area contributed by atoms with Gasteiger partial charge in [0.15, 0.2) is 5.11 Å². The molecule has 1 fully saturated rings. The van der Waals surface area contributed by atoms with Crippen LogP contribution in [0.25, 0.3) is 0 Å². The van der Waals surface area contributed by atoms with Gasteiger partial charge in [-0.05, 0) is 69.4 Å². The predicted octanol–water partition coefficient (Wildman–Crippen LogP) is 3.93. The number of pyridine rings is 1. The molecule has 0 amide bonds. The van der Waals surface area contributed by atoms with Crippen LogP contribution in [0.2, 0.25) is 0 Å². The minimum absolute atomic E-state index is 0.525. The van der Waals surface area contributed by atoms with Crippen LogP contribution >= 0.6 is 12.2 Å². The van der Waals surface area contributed by atoms with Crippen LogP contribution in [0.1, 0.15) is 54.5 Å². The highest BCUT2D eigenvalue weighted by Crippen LogP contribution is 2.22. The molecule has 1 aromatic rings. The van der Waals surface area contributed by atoms with Crippen LogP contribution in [0.4, 0.5) is 5.82 Å². The maximum absolute atomic E-state index is 5.43. The molecule has 20 heavy (non-hydrogen) atoms. The molecular weight excluding hydrogens is 266 g/mol. The summed E-state index contributed by atoms with van der Waals surface area (Å²) < 4.78 is 0. The fraction of sp³-hybridized carbons (Fsp3) is 0.625. The number of nitrogens with zero attached hydrogens (tertiary/aromatic N) is 1. The van der Waals surface area contributed by atoms with Gasteiger partial charge in [-0.25, -0.2) is 4.98 Å². The second-order valence-electron chi connectivity index (χ2n) is 5.85. The molecule has 3 nitrogen and oxygen atoms in total. The van der Waals surface area contributed by atoms with Gasteiger partial charge in [-0.2, -0.15) is 0 Å². The summed E-state index contributed by atoms with van der Waals surface area (Å²) in [5.74, 6) is 0.888. The van der Waals surface area contributed by atoms with E-state index in [0.29, 0.717) is 11.2 Å². The van der Waals surface area contributed by atoms with Crippen molar-refractivity contribution in [3.05, 3.63) is 22.4 Å². The average molecular weight is 291 g/mol. The summed E-state index contributed by atoms with van der Waals surface area (Å²) in [6, 6.07) is 0.525. The van der Waals surface area contributed by atoms with Crippen molar-refractivity contribution < 1.29 is 0 Å². The molecule has 2 rings (SSSR count). The van der Waals surface area contributed by atoms with E-state index >= 15 is 0 Å². The van der Waals surface area contributed by atoms with Crippen molar-refractivity contribution in [3.8, 4) is 0 Å². The fourth-order valence-electron chi connectivity index (χ4n) is 2.76. The summed E-state index contributed by atoms with van der Waals surface area (Å²) in [6.45, 7) is 8.40. The minimum atomic E-state index is 0.525. The first-order chi connectivity index (χ1) is 9.49. The van der Waals surface area contributed by atoms with Crippen molar-refractivity contribution in [2.45, 2.75) is 65.8 Å². The lowest BCUT2D eigenvalue weighted by Gasteiger charge is -2.24. The van der Waals surface area contributed by atoms with Crippen molar-refractivity contribution >= 4 is 23.1 Å². The molecule has 0 saturated heterocycles. The van der Waals surface area contributed by atoms with E-state index in [2.05, 4.69) is 36.4 Å². The molecule has 0 radical (unpaired) electrons. The number of hydrogen-bond donors (Lipinski definition) is 2. The number of rotatable bonds is 2. The molecule has 110 valence electrons. The first-order valence-electron chi connectivity index (χ1n) is 7.51. The Bertz CT molecular complexity index is 505. The molecule has 0 unspecified atom stereocenters. The lowest BCUT2D eigenvalue weighted by molar-refractivity contribution is 0.415. The first-order valence-corrected chi connectivity index (χ1v) is 7.91. The Morgan fingerprint density at radius 1 is 1.00 bits per heavy atom. The van der Waals surface area contributed by atoms with E-state index in [-0.39, 0.29) is 0 Å². The number of aromatic nitrogens is 1. The summed E-state index contributed by atoms with van der Waals surface area (Å²) in [6.07, 6.45) is 6.41. The third kappa shape index (κ3) is 3.48. The molecule has 2 N–H and O–H groups in total. The number of anilines is 1. The molecule has 1 heterocycles. The van der Waals surface area contributed by atoms with Crippen molar-refractivity contribution in [1.29, 1.82) is 0 Å². The normalized spacial score (nSPS) is 16.0. The largest absolute Gasteiger partial charge is 0.360 e. The van der Waals surface area contributed by atoms with Gasteiger partial charge in [0, 0.05) is 11.7 Å². The average Bonchev–Trinajstić information content (AvgIpc) is 2.43. The quantitative estimate of drug-likeness (QED) is 0.809. The third-order valence-corrected chi connectivity index (χ3v) is 4.69. The Labute approximate surface area is 127 Å². The SMILES string of the molecule is Cc1nc(NC(=S)NC2CCCCC2)c(C)c(C)c1C. The Kier molecular flexibility index (Phi) is 4.97. The Morgan fingerprint density at radius 3 is 2.30 bits per heavy atom.